The lowest BCUT2D eigenvalue weighted by Gasteiger charge is -2.20. The van der Waals surface area contributed by atoms with Crippen LogP contribution in [0.3, 0.4) is 0 Å². The summed E-state index contributed by atoms with van der Waals surface area (Å²) in [6.45, 7) is 0.915. The monoisotopic (exact) mass is 248 g/mol. The third-order valence-electron chi connectivity index (χ3n) is 2.84. The van der Waals surface area contributed by atoms with Gasteiger partial charge in [-0.05, 0) is 18.4 Å². The van der Waals surface area contributed by atoms with E-state index in [2.05, 4.69) is 10.5 Å². The molecule has 0 bridgehead atoms. The molecule has 1 atom stereocenters. The topological polar surface area (TPSA) is 70.9 Å². The number of carboxylic acid groups (broad SMARTS) is 1. The minimum Gasteiger partial charge on any atom is -0.480 e. The summed E-state index contributed by atoms with van der Waals surface area (Å²) in [6.07, 6.45) is 1.22. The van der Waals surface area contributed by atoms with Gasteiger partial charge in [-0.25, -0.2) is 0 Å². The number of hydrogen-bond acceptors (Lipinski definition) is 4. The maximum atomic E-state index is 10.7. The minimum absolute atomic E-state index is 0.437. The van der Waals surface area contributed by atoms with Crippen LogP contribution in [-0.2, 0) is 16.2 Å². The lowest BCUT2D eigenvalue weighted by Crippen LogP contribution is -2.44. The number of oxime groups is 1. The van der Waals surface area contributed by atoms with Gasteiger partial charge in [0.05, 0.1) is 5.71 Å². The van der Waals surface area contributed by atoms with E-state index in [0.29, 0.717) is 26.0 Å². The highest BCUT2D eigenvalue weighted by Crippen LogP contribution is 2.07. The van der Waals surface area contributed by atoms with Crippen molar-refractivity contribution < 1.29 is 14.7 Å². The van der Waals surface area contributed by atoms with E-state index in [1.54, 1.807) is 0 Å². The number of aliphatic carboxylic acids is 1. The average molecular weight is 248 g/mol. The van der Waals surface area contributed by atoms with Crippen molar-refractivity contribution in [3.05, 3.63) is 35.9 Å². The van der Waals surface area contributed by atoms with Crippen molar-refractivity contribution >= 4 is 11.7 Å². The molecule has 5 heteroatoms. The Hall–Kier alpha value is -1.88. The van der Waals surface area contributed by atoms with Crippen LogP contribution in [0, 0.1) is 0 Å². The predicted octanol–water partition coefficient (Wildman–Crippen LogP) is 1.40. The van der Waals surface area contributed by atoms with Crippen LogP contribution in [-0.4, -0.2) is 29.4 Å². The van der Waals surface area contributed by atoms with Gasteiger partial charge in [-0.15, -0.1) is 0 Å². The van der Waals surface area contributed by atoms with Crippen molar-refractivity contribution in [2.24, 2.45) is 5.16 Å². The van der Waals surface area contributed by atoms with Crippen molar-refractivity contribution in [1.82, 2.24) is 5.32 Å². The number of rotatable bonds is 4. The molecule has 1 fully saturated rings. The summed E-state index contributed by atoms with van der Waals surface area (Å²) in [6, 6.07) is 9.33. The Bertz CT molecular complexity index is 421. The fourth-order valence-electron chi connectivity index (χ4n) is 1.80. The normalized spacial score (nSPS) is 21.8. The first-order valence-electron chi connectivity index (χ1n) is 5.93. The Labute approximate surface area is 105 Å². The minimum atomic E-state index is -0.806. The van der Waals surface area contributed by atoms with E-state index in [9.17, 15) is 4.79 Å². The number of nitrogens with zero attached hydrogens (tertiary/aromatic N) is 1. The molecule has 2 N–H and O–H groups in total. The standard InChI is InChI=1S/C13H16N2O3/c16-13(17)12-7-6-11(8-14-12)15-18-9-10-4-2-1-3-5-10/h1-5,12,14H,6-9H2,(H,16,17)/b15-11-/t12-/m0/s1. The number of nitrogens with one attached hydrogen (secondary N) is 1. The van der Waals surface area contributed by atoms with Crippen LogP contribution in [0.1, 0.15) is 18.4 Å². The number of carbonyl (C=O) groups is 1. The smallest absolute Gasteiger partial charge is 0.320 e. The molecule has 0 aromatic heterocycles. The number of piperidine rings is 1. The lowest BCUT2D eigenvalue weighted by molar-refractivity contribution is -0.139. The molecule has 0 amide bonds. The van der Waals surface area contributed by atoms with E-state index < -0.39 is 12.0 Å². The molecule has 1 heterocycles. The molecule has 0 saturated carbocycles. The quantitative estimate of drug-likeness (QED) is 0.790. The molecule has 96 valence electrons. The molecule has 1 aliphatic rings. The van der Waals surface area contributed by atoms with Crippen LogP contribution in [0.2, 0.25) is 0 Å². The molecule has 18 heavy (non-hydrogen) atoms. The number of benzene rings is 1. The van der Waals surface area contributed by atoms with Gasteiger partial charge >= 0.3 is 5.97 Å². The van der Waals surface area contributed by atoms with Gasteiger partial charge in [0.1, 0.15) is 12.6 Å². The van der Waals surface area contributed by atoms with Gasteiger partial charge in [-0.3, -0.25) is 10.1 Å². The molecular formula is C13H16N2O3. The highest BCUT2D eigenvalue weighted by molar-refractivity contribution is 5.88. The van der Waals surface area contributed by atoms with E-state index >= 15 is 0 Å². The molecule has 1 saturated heterocycles. The average Bonchev–Trinajstić information content (AvgIpc) is 2.40. The van der Waals surface area contributed by atoms with Crippen molar-refractivity contribution in [2.75, 3.05) is 6.54 Å². The van der Waals surface area contributed by atoms with Crippen molar-refractivity contribution in [3.63, 3.8) is 0 Å². The molecule has 1 aromatic rings. The molecule has 0 unspecified atom stereocenters. The summed E-state index contributed by atoms with van der Waals surface area (Å²) in [5.74, 6) is -0.806. The molecule has 0 aliphatic carbocycles. The van der Waals surface area contributed by atoms with Gasteiger partial charge in [0.15, 0.2) is 0 Å². The Kier molecular flexibility index (Phi) is 4.30. The second-order valence-electron chi connectivity index (χ2n) is 4.23. The Morgan fingerprint density at radius 1 is 1.44 bits per heavy atom. The third kappa shape index (κ3) is 3.56. The molecule has 5 nitrogen and oxygen atoms in total. The first-order chi connectivity index (χ1) is 8.75. The highest BCUT2D eigenvalue weighted by Gasteiger charge is 2.22. The van der Waals surface area contributed by atoms with E-state index in [1.165, 1.54) is 0 Å². The summed E-state index contributed by atoms with van der Waals surface area (Å²) >= 11 is 0. The van der Waals surface area contributed by atoms with Gasteiger partial charge in [-0.2, -0.15) is 0 Å². The maximum absolute atomic E-state index is 10.7. The number of hydrogen-bond donors (Lipinski definition) is 2. The second-order valence-corrected chi connectivity index (χ2v) is 4.23. The van der Waals surface area contributed by atoms with Crippen LogP contribution in [0.15, 0.2) is 35.5 Å². The fourth-order valence-corrected chi connectivity index (χ4v) is 1.80. The molecule has 0 radical (unpaired) electrons. The van der Waals surface area contributed by atoms with Crippen LogP contribution in [0.25, 0.3) is 0 Å². The zero-order chi connectivity index (χ0) is 12.8. The molecule has 0 spiro atoms. The molecular weight excluding hydrogens is 232 g/mol. The van der Waals surface area contributed by atoms with Crippen LogP contribution >= 0.6 is 0 Å². The Balaban J connectivity index is 1.76. The summed E-state index contributed by atoms with van der Waals surface area (Å²) in [5.41, 5.74) is 1.93. The van der Waals surface area contributed by atoms with E-state index in [4.69, 9.17) is 9.94 Å². The van der Waals surface area contributed by atoms with Crippen LogP contribution < -0.4 is 5.32 Å². The lowest BCUT2D eigenvalue weighted by atomic mass is 10.0. The molecule has 1 aromatic carbocycles. The summed E-state index contributed by atoms with van der Waals surface area (Å²) in [5, 5.41) is 15.8. The second kappa shape index (κ2) is 6.16. The van der Waals surface area contributed by atoms with Crippen LogP contribution in [0.5, 0.6) is 0 Å². The largest absolute Gasteiger partial charge is 0.480 e. The predicted molar refractivity (Wildman–Crippen MR) is 67.3 cm³/mol. The maximum Gasteiger partial charge on any atom is 0.320 e. The highest BCUT2D eigenvalue weighted by atomic mass is 16.6. The zero-order valence-electron chi connectivity index (χ0n) is 10.0. The summed E-state index contributed by atoms with van der Waals surface area (Å²) < 4.78 is 0. The van der Waals surface area contributed by atoms with E-state index in [-0.39, 0.29) is 0 Å². The van der Waals surface area contributed by atoms with Gasteiger partial charge in [0.2, 0.25) is 0 Å². The van der Waals surface area contributed by atoms with Crippen molar-refractivity contribution in [2.45, 2.75) is 25.5 Å². The van der Waals surface area contributed by atoms with Gasteiger partial charge in [0, 0.05) is 6.54 Å². The van der Waals surface area contributed by atoms with Gasteiger partial charge in [-0.1, -0.05) is 35.5 Å². The van der Waals surface area contributed by atoms with Gasteiger partial charge < -0.3 is 9.94 Å². The Morgan fingerprint density at radius 3 is 2.83 bits per heavy atom. The summed E-state index contributed by atoms with van der Waals surface area (Å²) in [4.78, 5) is 16.0. The fraction of sp³-hybridized carbons (Fsp3) is 0.385. The van der Waals surface area contributed by atoms with E-state index in [0.717, 1.165) is 11.3 Å². The first kappa shape index (κ1) is 12.6. The van der Waals surface area contributed by atoms with Crippen LogP contribution in [0.4, 0.5) is 0 Å². The SMILES string of the molecule is O=C(O)[C@@H]1CC/C(=N/OCc2ccccc2)CN1. The van der Waals surface area contributed by atoms with E-state index in [1.807, 2.05) is 30.3 Å². The zero-order valence-corrected chi connectivity index (χ0v) is 10.0. The summed E-state index contributed by atoms with van der Waals surface area (Å²) in [7, 11) is 0. The first-order valence-corrected chi connectivity index (χ1v) is 5.93. The third-order valence-corrected chi connectivity index (χ3v) is 2.84. The molecule has 2 rings (SSSR count). The van der Waals surface area contributed by atoms with Gasteiger partial charge in [0.25, 0.3) is 0 Å². The Morgan fingerprint density at radius 2 is 2.22 bits per heavy atom. The van der Waals surface area contributed by atoms with Crippen molar-refractivity contribution in [3.8, 4) is 0 Å². The number of carboxylic acids is 1. The van der Waals surface area contributed by atoms with Crippen molar-refractivity contribution in [1.29, 1.82) is 0 Å². The molecule has 1 aliphatic heterocycles.